The Morgan fingerprint density at radius 1 is 1.00 bits per heavy atom. The lowest BCUT2D eigenvalue weighted by atomic mass is 10.3. The second-order valence-electron chi connectivity index (χ2n) is 3.69. The number of alkyl halides is 1. The van der Waals surface area contributed by atoms with Crippen molar-refractivity contribution in [2.45, 2.75) is 19.8 Å². The van der Waals surface area contributed by atoms with Crippen LogP contribution in [-0.4, -0.2) is 56.0 Å². The van der Waals surface area contributed by atoms with Gasteiger partial charge in [-0.1, -0.05) is 13.3 Å². The van der Waals surface area contributed by atoms with Crippen LogP contribution in [0.1, 0.15) is 19.8 Å². The van der Waals surface area contributed by atoms with E-state index in [9.17, 15) is 0 Å². The number of unbranched alkanes of at least 4 members (excludes halogenated alkanes) is 1. The Morgan fingerprint density at radius 3 is 2.15 bits per heavy atom. The monoisotopic (exact) mass is 206 g/mol. The van der Waals surface area contributed by atoms with Crippen LogP contribution in [0.15, 0.2) is 0 Å². The molecule has 0 aromatic heterocycles. The van der Waals surface area contributed by atoms with E-state index in [1.165, 1.54) is 19.4 Å². The van der Waals surface area contributed by atoms with Crippen molar-refractivity contribution in [1.82, 2.24) is 9.80 Å². The predicted octanol–water partition coefficient (Wildman–Crippen LogP) is 1.89. The second-order valence-corrected chi connectivity index (χ2v) is 4.07. The number of rotatable bonds is 8. The summed E-state index contributed by atoms with van der Waals surface area (Å²) in [6.45, 7) is 6.71. The lowest BCUT2D eigenvalue weighted by Crippen LogP contribution is -2.33. The van der Waals surface area contributed by atoms with Crippen molar-refractivity contribution in [1.29, 1.82) is 0 Å². The molecule has 0 radical (unpaired) electrons. The summed E-state index contributed by atoms with van der Waals surface area (Å²) in [5.41, 5.74) is 0. The van der Waals surface area contributed by atoms with E-state index in [4.69, 9.17) is 11.6 Å². The molecule has 0 amide bonds. The summed E-state index contributed by atoms with van der Waals surface area (Å²) in [6.07, 6.45) is 2.55. The first-order valence-electron chi connectivity index (χ1n) is 5.13. The molecule has 0 N–H and O–H groups in total. The zero-order chi connectivity index (χ0) is 10.1. The minimum Gasteiger partial charge on any atom is -0.308 e. The fraction of sp³-hybridized carbons (Fsp3) is 1.00. The van der Waals surface area contributed by atoms with Gasteiger partial charge in [-0.15, -0.1) is 11.6 Å². The summed E-state index contributed by atoms with van der Waals surface area (Å²) < 4.78 is 0. The van der Waals surface area contributed by atoms with Gasteiger partial charge in [0.1, 0.15) is 0 Å². The smallest absolute Gasteiger partial charge is 0.0351 e. The molecule has 0 saturated carbocycles. The van der Waals surface area contributed by atoms with E-state index in [1.807, 2.05) is 0 Å². The Balaban J connectivity index is 3.53. The average molecular weight is 207 g/mol. The van der Waals surface area contributed by atoms with E-state index in [0.717, 1.165) is 25.5 Å². The summed E-state index contributed by atoms with van der Waals surface area (Å²) in [5.74, 6) is 0.747. The molecule has 0 atom stereocenters. The van der Waals surface area contributed by atoms with Crippen LogP contribution >= 0.6 is 11.6 Å². The van der Waals surface area contributed by atoms with Gasteiger partial charge < -0.3 is 9.80 Å². The van der Waals surface area contributed by atoms with Crippen LogP contribution in [-0.2, 0) is 0 Å². The fourth-order valence-electron chi connectivity index (χ4n) is 1.18. The minimum atomic E-state index is 0.747. The third-order valence-electron chi connectivity index (χ3n) is 2.09. The molecule has 3 heteroatoms. The molecule has 0 aliphatic carbocycles. The molecule has 0 rings (SSSR count). The molecule has 0 bridgehead atoms. The van der Waals surface area contributed by atoms with Crippen LogP contribution in [0, 0.1) is 0 Å². The molecule has 0 fully saturated rings. The quantitative estimate of drug-likeness (QED) is 0.560. The van der Waals surface area contributed by atoms with Crippen molar-refractivity contribution in [3.8, 4) is 0 Å². The van der Waals surface area contributed by atoms with Gasteiger partial charge >= 0.3 is 0 Å². The van der Waals surface area contributed by atoms with Crippen LogP contribution in [0.4, 0.5) is 0 Å². The van der Waals surface area contributed by atoms with Crippen molar-refractivity contribution in [3.63, 3.8) is 0 Å². The molecule has 0 aromatic carbocycles. The van der Waals surface area contributed by atoms with Gasteiger partial charge in [0.15, 0.2) is 0 Å². The summed E-state index contributed by atoms with van der Waals surface area (Å²) in [6, 6.07) is 0. The van der Waals surface area contributed by atoms with Crippen LogP contribution in [0.2, 0.25) is 0 Å². The van der Waals surface area contributed by atoms with Crippen LogP contribution in [0.25, 0.3) is 0 Å². The highest BCUT2D eigenvalue weighted by Crippen LogP contribution is 1.96. The number of hydrogen-bond donors (Lipinski definition) is 0. The van der Waals surface area contributed by atoms with Gasteiger partial charge in [-0.3, -0.25) is 0 Å². The molecule has 80 valence electrons. The summed E-state index contributed by atoms with van der Waals surface area (Å²) in [5, 5.41) is 0. The highest BCUT2D eigenvalue weighted by molar-refractivity contribution is 6.18. The van der Waals surface area contributed by atoms with Crippen LogP contribution in [0.3, 0.4) is 0 Å². The molecule has 0 aromatic rings. The van der Waals surface area contributed by atoms with Gasteiger partial charge in [0.2, 0.25) is 0 Å². The maximum atomic E-state index is 5.74. The number of hydrogen-bond acceptors (Lipinski definition) is 2. The van der Waals surface area contributed by atoms with E-state index in [2.05, 4.69) is 30.8 Å². The highest BCUT2D eigenvalue weighted by Gasteiger charge is 2.03. The van der Waals surface area contributed by atoms with Crippen molar-refractivity contribution in [2.24, 2.45) is 0 Å². The van der Waals surface area contributed by atoms with Crippen molar-refractivity contribution < 1.29 is 0 Å². The molecule has 0 unspecified atom stereocenters. The predicted molar refractivity (Wildman–Crippen MR) is 60.6 cm³/mol. The maximum Gasteiger partial charge on any atom is 0.0351 e. The molecule has 13 heavy (non-hydrogen) atoms. The Bertz CT molecular complexity index is 107. The summed E-state index contributed by atoms with van der Waals surface area (Å²) >= 11 is 5.74. The van der Waals surface area contributed by atoms with E-state index in [-0.39, 0.29) is 0 Å². The van der Waals surface area contributed by atoms with Gasteiger partial charge in [0.05, 0.1) is 0 Å². The van der Waals surface area contributed by atoms with E-state index in [1.54, 1.807) is 0 Å². The maximum absolute atomic E-state index is 5.74. The minimum absolute atomic E-state index is 0.747. The third-order valence-corrected chi connectivity index (χ3v) is 2.26. The fourth-order valence-corrected chi connectivity index (χ4v) is 1.42. The molecular formula is C10H23ClN2. The first kappa shape index (κ1) is 13.2. The van der Waals surface area contributed by atoms with E-state index < -0.39 is 0 Å². The lowest BCUT2D eigenvalue weighted by Gasteiger charge is -2.22. The zero-order valence-electron chi connectivity index (χ0n) is 9.22. The van der Waals surface area contributed by atoms with Crippen LogP contribution < -0.4 is 0 Å². The molecule has 0 aliphatic heterocycles. The van der Waals surface area contributed by atoms with Crippen LogP contribution in [0.5, 0.6) is 0 Å². The van der Waals surface area contributed by atoms with Gasteiger partial charge in [0.25, 0.3) is 0 Å². The van der Waals surface area contributed by atoms with Gasteiger partial charge in [-0.05, 0) is 27.1 Å². The van der Waals surface area contributed by atoms with Crippen molar-refractivity contribution >= 4 is 11.6 Å². The molecule has 0 spiro atoms. The molecule has 0 saturated heterocycles. The molecule has 0 heterocycles. The topological polar surface area (TPSA) is 6.48 Å². The van der Waals surface area contributed by atoms with E-state index in [0.29, 0.717) is 0 Å². The zero-order valence-corrected chi connectivity index (χ0v) is 9.98. The van der Waals surface area contributed by atoms with Gasteiger partial charge in [-0.25, -0.2) is 0 Å². The number of likely N-dealkylation sites (N-methyl/N-ethyl adjacent to an activating group) is 1. The standard InChI is InChI=1S/C10H23ClN2/c1-4-5-7-13(8-6-11)10-9-12(2)3/h4-10H2,1-3H3. The Kier molecular flexibility index (Phi) is 8.93. The second kappa shape index (κ2) is 8.79. The highest BCUT2D eigenvalue weighted by atomic mass is 35.5. The molecule has 2 nitrogen and oxygen atoms in total. The van der Waals surface area contributed by atoms with Crippen molar-refractivity contribution in [2.75, 3.05) is 46.2 Å². The Hall–Kier alpha value is 0.210. The van der Waals surface area contributed by atoms with E-state index >= 15 is 0 Å². The van der Waals surface area contributed by atoms with Crippen molar-refractivity contribution in [3.05, 3.63) is 0 Å². The SMILES string of the molecule is CCCCN(CCCl)CCN(C)C. The first-order valence-corrected chi connectivity index (χ1v) is 5.67. The van der Waals surface area contributed by atoms with Gasteiger partial charge in [-0.2, -0.15) is 0 Å². The summed E-state index contributed by atoms with van der Waals surface area (Å²) in [7, 11) is 4.22. The van der Waals surface area contributed by atoms with Gasteiger partial charge in [0, 0.05) is 25.5 Å². The first-order chi connectivity index (χ1) is 6.20. The number of halogens is 1. The largest absolute Gasteiger partial charge is 0.308 e. The number of nitrogens with zero attached hydrogens (tertiary/aromatic N) is 2. The normalized spacial score (nSPS) is 11.5. The average Bonchev–Trinajstić information content (AvgIpc) is 2.09. The lowest BCUT2D eigenvalue weighted by molar-refractivity contribution is 0.249. The third kappa shape index (κ3) is 8.54. The summed E-state index contributed by atoms with van der Waals surface area (Å²) in [4.78, 5) is 4.66. The Morgan fingerprint density at radius 2 is 1.69 bits per heavy atom. The molecule has 0 aliphatic rings. The Labute approximate surface area is 87.8 Å². The molecular weight excluding hydrogens is 184 g/mol.